The lowest BCUT2D eigenvalue weighted by atomic mass is 10.1. The van der Waals surface area contributed by atoms with Crippen LogP contribution >= 0.6 is 11.6 Å². The summed E-state index contributed by atoms with van der Waals surface area (Å²) in [6.07, 6.45) is -7.96. The van der Waals surface area contributed by atoms with Crippen LogP contribution in [-0.4, -0.2) is 53.4 Å². The molecule has 1 atom stereocenters. The number of hydrogen-bond acceptors (Lipinski definition) is 4. The van der Waals surface area contributed by atoms with Crippen molar-refractivity contribution in [3.8, 4) is 5.75 Å². The van der Waals surface area contributed by atoms with Gasteiger partial charge in [0.05, 0.1) is 41.2 Å². The number of β-amino-alcohol motifs (C(OH)–C–C–N with tert-alkyl or cyclic N) is 1. The van der Waals surface area contributed by atoms with Crippen molar-refractivity contribution >= 4 is 34.9 Å². The Kier molecular flexibility index (Phi) is 6.98. The summed E-state index contributed by atoms with van der Waals surface area (Å²) in [5.41, 5.74) is -1.72. The molecule has 0 radical (unpaired) electrons. The number of benzene rings is 2. The highest BCUT2D eigenvalue weighted by Crippen LogP contribution is 2.33. The van der Waals surface area contributed by atoms with E-state index >= 15 is 0 Å². The Balaban J connectivity index is 1.94. The Morgan fingerprint density at radius 2 is 1.85 bits per heavy atom. The van der Waals surface area contributed by atoms with E-state index < -0.39 is 64.6 Å². The summed E-state index contributed by atoms with van der Waals surface area (Å²) in [5.74, 6) is -4.01. The molecule has 13 heteroatoms. The summed E-state index contributed by atoms with van der Waals surface area (Å²) in [5, 5.41) is 13.3. The van der Waals surface area contributed by atoms with Crippen molar-refractivity contribution in [3.05, 3.63) is 52.6 Å². The lowest BCUT2D eigenvalue weighted by Gasteiger charge is -2.35. The zero-order valence-electron chi connectivity index (χ0n) is 16.8. The van der Waals surface area contributed by atoms with Gasteiger partial charge < -0.3 is 25.4 Å². The zero-order chi connectivity index (χ0) is 24.5. The lowest BCUT2D eigenvalue weighted by molar-refractivity contribution is -0.189. The Morgan fingerprint density at radius 1 is 1.18 bits per heavy atom. The maximum atomic E-state index is 14.6. The first-order chi connectivity index (χ1) is 15.4. The number of nitrogens with zero attached hydrogens (tertiary/aromatic N) is 1. The minimum Gasteiger partial charge on any atom is -0.480 e. The van der Waals surface area contributed by atoms with Gasteiger partial charge >= 0.3 is 12.2 Å². The fourth-order valence-corrected chi connectivity index (χ4v) is 3.01. The number of hydrogen-bond donors (Lipinski definition) is 3. The van der Waals surface area contributed by atoms with Crippen LogP contribution in [0.25, 0.3) is 0 Å². The molecule has 3 N–H and O–H groups in total. The van der Waals surface area contributed by atoms with Crippen molar-refractivity contribution in [1.29, 1.82) is 0 Å². The average molecular weight is 494 g/mol. The fraction of sp³-hybridized carbons (Fsp3) is 0.300. The van der Waals surface area contributed by atoms with E-state index in [1.165, 1.54) is 12.1 Å². The van der Waals surface area contributed by atoms with E-state index in [0.29, 0.717) is 19.1 Å². The molecular weight excluding hydrogens is 477 g/mol. The molecule has 0 spiro atoms. The Morgan fingerprint density at radius 3 is 2.42 bits per heavy atom. The zero-order valence-corrected chi connectivity index (χ0v) is 17.6. The average Bonchev–Trinajstić information content (AvgIpc) is 2.69. The van der Waals surface area contributed by atoms with Crippen LogP contribution in [0.1, 0.15) is 17.3 Å². The number of urea groups is 1. The van der Waals surface area contributed by atoms with E-state index in [2.05, 4.69) is 10.6 Å². The van der Waals surface area contributed by atoms with E-state index in [0.717, 1.165) is 11.0 Å². The summed E-state index contributed by atoms with van der Waals surface area (Å²) in [7, 11) is 0. The molecule has 7 nitrogen and oxygen atoms in total. The van der Waals surface area contributed by atoms with Crippen molar-refractivity contribution in [2.75, 3.05) is 23.7 Å². The minimum absolute atomic E-state index is 0.00813. The van der Waals surface area contributed by atoms with Crippen molar-refractivity contribution in [3.63, 3.8) is 0 Å². The van der Waals surface area contributed by atoms with Crippen LogP contribution in [0.2, 0.25) is 5.02 Å². The number of ether oxygens (including phenoxy) is 1. The first-order valence-corrected chi connectivity index (χ1v) is 9.81. The monoisotopic (exact) mass is 493 g/mol. The number of carbonyl (C=O) groups is 2. The largest absolute Gasteiger partial charge is 0.480 e. The van der Waals surface area contributed by atoms with Crippen molar-refractivity contribution in [1.82, 2.24) is 4.90 Å². The third-order valence-corrected chi connectivity index (χ3v) is 4.99. The van der Waals surface area contributed by atoms with Crippen molar-refractivity contribution in [2.45, 2.75) is 25.3 Å². The topological polar surface area (TPSA) is 90.9 Å². The van der Waals surface area contributed by atoms with Gasteiger partial charge in [0.25, 0.3) is 5.91 Å². The first kappa shape index (κ1) is 24.5. The van der Waals surface area contributed by atoms with Crippen LogP contribution in [0.3, 0.4) is 0 Å². The van der Waals surface area contributed by atoms with E-state index in [1.54, 1.807) is 0 Å². The maximum Gasteiger partial charge on any atom is 0.425 e. The van der Waals surface area contributed by atoms with Crippen LogP contribution < -0.4 is 15.4 Å². The van der Waals surface area contributed by atoms with Gasteiger partial charge in [-0.25, -0.2) is 13.6 Å². The molecule has 0 aromatic heterocycles. The number of amides is 3. The Labute approximate surface area is 189 Å². The van der Waals surface area contributed by atoms with Gasteiger partial charge in [-0.2, -0.15) is 13.2 Å². The molecule has 1 aliphatic heterocycles. The first-order valence-electron chi connectivity index (χ1n) is 9.43. The summed E-state index contributed by atoms with van der Waals surface area (Å²) in [6.45, 7) is 0.649. The quantitative estimate of drug-likeness (QED) is 0.538. The van der Waals surface area contributed by atoms with Crippen molar-refractivity contribution in [2.24, 2.45) is 0 Å². The van der Waals surface area contributed by atoms with Gasteiger partial charge in [0.2, 0.25) is 0 Å². The third-order valence-electron chi connectivity index (χ3n) is 4.67. The molecule has 1 aliphatic rings. The van der Waals surface area contributed by atoms with E-state index in [1.807, 2.05) is 0 Å². The smallest absolute Gasteiger partial charge is 0.425 e. The summed E-state index contributed by atoms with van der Waals surface area (Å²) >= 11 is 5.84. The van der Waals surface area contributed by atoms with Gasteiger partial charge in [0.1, 0.15) is 17.4 Å². The summed E-state index contributed by atoms with van der Waals surface area (Å²) in [6, 6.07) is 3.95. The SMILES string of the molecule is C[C@H](Oc1cc(NC(=O)N2CC(O)C2)c(F)cc1C(=O)Nc1c(F)cccc1Cl)C(F)(F)F. The van der Waals surface area contributed by atoms with Gasteiger partial charge in [0, 0.05) is 6.07 Å². The molecule has 0 saturated carbocycles. The lowest BCUT2D eigenvalue weighted by Crippen LogP contribution is -2.54. The number of carbonyl (C=O) groups excluding carboxylic acids is 2. The predicted octanol–water partition coefficient (Wildman–Crippen LogP) is 4.41. The standard InChI is InChI=1S/C20H17ClF5N3O4/c1-9(20(24,25)26)33-16-6-15(27-19(32)29-7-10(30)8-29)14(23)5-11(16)18(31)28-17-12(21)3-2-4-13(17)22/h2-6,9-10,30H,7-8H2,1H3,(H,27,32)(H,28,31)/t9-/m0/s1. The number of anilines is 2. The van der Waals surface area contributed by atoms with Crippen LogP contribution in [0.4, 0.5) is 38.1 Å². The van der Waals surface area contributed by atoms with Gasteiger partial charge in [-0.3, -0.25) is 4.79 Å². The molecule has 2 aromatic rings. The summed E-state index contributed by atoms with van der Waals surface area (Å²) in [4.78, 5) is 25.9. The van der Waals surface area contributed by atoms with E-state index in [4.69, 9.17) is 16.3 Å². The van der Waals surface area contributed by atoms with E-state index in [-0.39, 0.29) is 18.1 Å². The Hall–Kier alpha value is -3.12. The van der Waals surface area contributed by atoms with Gasteiger partial charge in [-0.15, -0.1) is 0 Å². The van der Waals surface area contributed by atoms with Gasteiger partial charge in [-0.1, -0.05) is 17.7 Å². The molecule has 1 saturated heterocycles. The van der Waals surface area contributed by atoms with Crippen LogP contribution in [0.15, 0.2) is 30.3 Å². The van der Waals surface area contributed by atoms with Crippen LogP contribution in [-0.2, 0) is 0 Å². The highest BCUT2D eigenvalue weighted by Gasteiger charge is 2.39. The fourth-order valence-electron chi connectivity index (χ4n) is 2.79. The Bertz CT molecular complexity index is 1060. The molecule has 1 fully saturated rings. The molecule has 0 bridgehead atoms. The third kappa shape index (κ3) is 5.63. The molecule has 33 heavy (non-hydrogen) atoms. The van der Waals surface area contributed by atoms with Crippen LogP contribution in [0, 0.1) is 11.6 Å². The second-order valence-corrected chi connectivity index (χ2v) is 7.58. The van der Waals surface area contributed by atoms with Gasteiger partial charge in [0.15, 0.2) is 6.10 Å². The highest BCUT2D eigenvalue weighted by atomic mass is 35.5. The highest BCUT2D eigenvalue weighted by molar-refractivity contribution is 6.34. The molecule has 0 unspecified atom stereocenters. The van der Waals surface area contributed by atoms with Crippen LogP contribution in [0.5, 0.6) is 5.75 Å². The number of nitrogens with one attached hydrogen (secondary N) is 2. The predicted molar refractivity (Wildman–Crippen MR) is 109 cm³/mol. The summed E-state index contributed by atoms with van der Waals surface area (Å²) < 4.78 is 72.6. The van der Waals surface area contributed by atoms with Gasteiger partial charge in [-0.05, 0) is 25.1 Å². The number of alkyl halides is 3. The number of aliphatic hydroxyl groups is 1. The number of rotatable bonds is 5. The number of para-hydroxylation sites is 1. The molecule has 178 valence electrons. The molecule has 1 heterocycles. The van der Waals surface area contributed by atoms with E-state index in [9.17, 15) is 36.6 Å². The molecule has 2 aromatic carbocycles. The molecule has 0 aliphatic carbocycles. The molecular formula is C20H17ClF5N3O4. The second-order valence-electron chi connectivity index (χ2n) is 7.17. The molecule has 3 amide bonds. The second kappa shape index (κ2) is 9.40. The maximum absolute atomic E-state index is 14.6. The molecule has 3 rings (SSSR count). The number of likely N-dealkylation sites (tertiary alicyclic amines) is 1. The van der Waals surface area contributed by atoms with Crippen molar-refractivity contribution < 1.29 is 41.4 Å². The normalized spacial score (nSPS) is 15.0. The number of halogens is 6. The minimum atomic E-state index is -4.83. The number of aliphatic hydroxyl groups excluding tert-OH is 1.